The molecule has 5 heteroatoms. The third kappa shape index (κ3) is 7.07. The summed E-state index contributed by atoms with van der Waals surface area (Å²) in [5, 5.41) is 13.7. The molecule has 0 fully saturated rings. The highest BCUT2D eigenvalue weighted by molar-refractivity contribution is 6.30. The Balaban J connectivity index is 1.92. The van der Waals surface area contributed by atoms with E-state index in [-0.39, 0.29) is 12.5 Å². The van der Waals surface area contributed by atoms with Gasteiger partial charge in [-0.2, -0.15) is 0 Å². The van der Waals surface area contributed by atoms with Crippen LogP contribution in [0.15, 0.2) is 48.5 Å². The number of carbonyl (C=O) groups is 1. The van der Waals surface area contributed by atoms with Gasteiger partial charge in [0.15, 0.2) is 0 Å². The molecule has 3 nitrogen and oxygen atoms in total. The Labute approximate surface area is 159 Å². The monoisotopic (exact) mass is 379 g/mol. The van der Waals surface area contributed by atoms with Crippen LogP contribution in [0.4, 0.5) is 0 Å². The van der Waals surface area contributed by atoms with Gasteiger partial charge in [-0.05, 0) is 54.8 Å². The number of carboxylic acid groups (broad SMARTS) is 1. The van der Waals surface area contributed by atoms with Crippen LogP contribution in [0.25, 0.3) is 0 Å². The minimum atomic E-state index is -0.719. The van der Waals surface area contributed by atoms with Crippen LogP contribution in [-0.4, -0.2) is 17.6 Å². The molecule has 0 atom stereocenters. The highest BCUT2D eigenvalue weighted by atomic mass is 35.5. The van der Waals surface area contributed by atoms with Gasteiger partial charge in [-0.15, -0.1) is 0 Å². The SMILES string of the molecule is O=C(O)CCCCCCNC(c1ccc(Cl)cc1)c1ccc(Cl)cc1. The van der Waals surface area contributed by atoms with Gasteiger partial charge >= 0.3 is 5.97 Å². The number of hydrogen-bond donors (Lipinski definition) is 2. The number of aliphatic carboxylic acids is 1. The molecule has 0 spiro atoms. The molecule has 2 N–H and O–H groups in total. The number of unbranched alkanes of at least 4 members (excludes halogenated alkanes) is 3. The fourth-order valence-electron chi connectivity index (χ4n) is 2.74. The van der Waals surface area contributed by atoms with Gasteiger partial charge in [0.2, 0.25) is 0 Å². The maximum Gasteiger partial charge on any atom is 0.303 e. The molecule has 0 aliphatic heterocycles. The number of halogens is 2. The summed E-state index contributed by atoms with van der Waals surface area (Å²) < 4.78 is 0. The number of nitrogens with one attached hydrogen (secondary N) is 1. The Kier molecular flexibility index (Phi) is 8.26. The molecule has 0 amide bonds. The molecule has 0 saturated heterocycles. The van der Waals surface area contributed by atoms with E-state index >= 15 is 0 Å². The summed E-state index contributed by atoms with van der Waals surface area (Å²) in [5.41, 5.74) is 2.30. The summed E-state index contributed by atoms with van der Waals surface area (Å²) in [6.45, 7) is 0.864. The molecule has 0 unspecified atom stereocenters. The molecule has 0 saturated carbocycles. The number of rotatable bonds is 10. The molecule has 2 aromatic rings. The summed E-state index contributed by atoms with van der Waals surface area (Å²) in [5.74, 6) is -0.719. The van der Waals surface area contributed by atoms with Crippen molar-refractivity contribution < 1.29 is 9.90 Å². The molecule has 0 aromatic heterocycles. The van der Waals surface area contributed by atoms with Crippen molar-refractivity contribution in [3.63, 3.8) is 0 Å². The van der Waals surface area contributed by atoms with Crippen LogP contribution in [0.2, 0.25) is 10.0 Å². The summed E-state index contributed by atoms with van der Waals surface area (Å²) in [7, 11) is 0. The molecule has 0 radical (unpaired) electrons. The van der Waals surface area contributed by atoms with E-state index in [0.717, 1.165) is 53.4 Å². The van der Waals surface area contributed by atoms with Gasteiger partial charge in [0.1, 0.15) is 0 Å². The Morgan fingerprint density at radius 3 is 1.80 bits per heavy atom. The van der Waals surface area contributed by atoms with Crippen LogP contribution in [0, 0.1) is 0 Å². The predicted octanol–water partition coefficient (Wildman–Crippen LogP) is 5.71. The molecule has 0 aliphatic rings. The third-order valence-electron chi connectivity index (χ3n) is 4.07. The molecule has 2 rings (SSSR count). The highest BCUT2D eigenvalue weighted by Crippen LogP contribution is 2.25. The normalized spacial score (nSPS) is 11.0. The van der Waals surface area contributed by atoms with Gasteiger partial charge in [-0.1, -0.05) is 60.3 Å². The highest BCUT2D eigenvalue weighted by Gasteiger charge is 2.13. The van der Waals surface area contributed by atoms with Gasteiger partial charge < -0.3 is 10.4 Å². The number of benzene rings is 2. The van der Waals surface area contributed by atoms with E-state index in [2.05, 4.69) is 5.32 Å². The average Bonchev–Trinajstić information content (AvgIpc) is 2.59. The third-order valence-corrected chi connectivity index (χ3v) is 4.58. The Bertz CT molecular complexity index is 611. The minimum Gasteiger partial charge on any atom is -0.481 e. The summed E-state index contributed by atoms with van der Waals surface area (Å²) in [6, 6.07) is 15.8. The second kappa shape index (κ2) is 10.4. The van der Waals surface area contributed by atoms with Crippen molar-refractivity contribution in [3.8, 4) is 0 Å². The Morgan fingerprint density at radius 2 is 1.32 bits per heavy atom. The van der Waals surface area contributed by atoms with E-state index in [9.17, 15) is 4.79 Å². The lowest BCUT2D eigenvalue weighted by Gasteiger charge is -2.20. The van der Waals surface area contributed by atoms with Crippen LogP contribution < -0.4 is 5.32 Å². The predicted molar refractivity (Wildman–Crippen MR) is 103 cm³/mol. The van der Waals surface area contributed by atoms with Gasteiger partial charge in [-0.25, -0.2) is 0 Å². The van der Waals surface area contributed by atoms with E-state index in [0.29, 0.717) is 0 Å². The second-order valence-electron chi connectivity index (χ2n) is 6.05. The van der Waals surface area contributed by atoms with Crippen molar-refractivity contribution in [1.29, 1.82) is 0 Å². The summed E-state index contributed by atoms with van der Waals surface area (Å²) in [6.07, 6.45) is 3.98. The van der Waals surface area contributed by atoms with E-state index < -0.39 is 5.97 Å². The Morgan fingerprint density at radius 1 is 0.840 bits per heavy atom. The quantitative estimate of drug-likeness (QED) is 0.519. The van der Waals surface area contributed by atoms with Crippen molar-refractivity contribution >= 4 is 29.2 Å². The Hall–Kier alpha value is -1.55. The molecule has 0 aliphatic carbocycles. The lowest BCUT2D eigenvalue weighted by molar-refractivity contribution is -0.137. The van der Waals surface area contributed by atoms with Crippen molar-refractivity contribution in [2.24, 2.45) is 0 Å². The zero-order valence-corrected chi connectivity index (χ0v) is 15.6. The maximum absolute atomic E-state index is 10.5. The molecule has 134 valence electrons. The van der Waals surface area contributed by atoms with E-state index in [1.807, 2.05) is 48.5 Å². The van der Waals surface area contributed by atoms with E-state index in [1.54, 1.807) is 0 Å². The van der Waals surface area contributed by atoms with Crippen molar-refractivity contribution in [1.82, 2.24) is 5.32 Å². The van der Waals surface area contributed by atoms with Crippen molar-refractivity contribution in [2.45, 2.75) is 38.1 Å². The summed E-state index contributed by atoms with van der Waals surface area (Å²) >= 11 is 12.0. The standard InChI is InChI=1S/C20H23Cl2NO2/c21-17-10-6-15(7-11-17)20(16-8-12-18(22)13-9-16)23-14-4-2-1-3-5-19(24)25/h6-13,20,23H,1-5,14H2,(H,24,25). The molecular formula is C20H23Cl2NO2. The first-order valence-corrected chi connectivity index (χ1v) is 9.28. The van der Waals surface area contributed by atoms with Gasteiger partial charge in [0.05, 0.1) is 6.04 Å². The van der Waals surface area contributed by atoms with Gasteiger partial charge in [-0.3, -0.25) is 4.79 Å². The lowest BCUT2D eigenvalue weighted by Crippen LogP contribution is -2.23. The molecule has 0 bridgehead atoms. The van der Waals surface area contributed by atoms with Crippen molar-refractivity contribution in [3.05, 3.63) is 69.7 Å². The second-order valence-corrected chi connectivity index (χ2v) is 6.92. The van der Waals surface area contributed by atoms with E-state index in [1.165, 1.54) is 0 Å². The fraction of sp³-hybridized carbons (Fsp3) is 0.350. The van der Waals surface area contributed by atoms with Crippen LogP contribution in [0.5, 0.6) is 0 Å². The zero-order chi connectivity index (χ0) is 18.1. The van der Waals surface area contributed by atoms with E-state index in [4.69, 9.17) is 28.3 Å². The molecule has 25 heavy (non-hydrogen) atoms. The molecular weight excluding hydrogens is 357 g/mol. The van der Waals surface area contributed by atoms with Crippen LogP contribution in [0.3, 0.4) is 0 Å². The van der Waals surface area contributed by atoms with Gasteiger partial charge in [0, 0.05) is 16.5 Å². The minimum absolute atomic E-state index is 0.0774. The fourth-order valence-corrected chi connectivity index (χ4v) is 2.99. The first-order valence-electron chi connectivity index (χ1n) is 8.52. The molecule has 2 aromatic carbocycles. The van der Waals surface area contributed by atoms with Crippen LogP contribution in [-0.2, 0) is 4.79 Å². The topological polar surface area (TPSA) is 49.3 Å². The zero-order valence-electron chi connectivity index (χ0n) is 14.1. The van der Waals surface area contributed by atoms with Crippen LogP contribution in [0.1, 0.15) is 49.3 Å². The van der Waals surface area contributed by atoms with Gasteiger partial charge in [0.25, 0.3) is 0 Å². The first kappa shape index (κ1) is 19.8. The smallest absolute Gasteiger partial charge is 0.303 e. The first-order chi connectivity index (χ1) is 12.1. The molecule has 0 heterocycles. The largest absolute Gasteiger partial charge is 0.481 e. The average molecular weight is 380 g/mol. The lowest BCUT2D eigenvalue weighted by atomic mass is 9.98. The van der Waals surface area contributed by atoms with Crippen LogP contribution >= 0.6 is 23.2 Å². The number of hydrogen-bond acceptors (Lipinski definition) is 2. The number of carboxylic acids is 1. The maximum atomic E-state index is 10.5. The summed E-state index contributed by atoms with van der Waals surface area (Å²) in [4.78, 5) is 10.5. The van der Waals surface area contributed by atoms with Crippen molar-refractivity contribution in [2.75, 3.05) is 6.54 Å².